The molecule has 0 aliphatic rings. The second kappa shape index (κ2) is 6.81. The van der Waals surface area contributed by atoms with Gasteiger partial charge in [0, 0.05) is 11.4 Å². The number of nitrogens with one attached hydrogen (secondary N) is 2. The van der Waals surface area contributed by atoms with E-state index in [2.05, 4.69) is 10.6 Å². The van der Waals surface area contributed by atoms with E-state index >= 15 is 0 Å². The molecule has 1 heterocycles. The molecular formula is C14H13ClN2O4. The van der Waals surface area contributed by atoms with Crippen molar-refractivity contribution in [1.82, 2.24) is 0 Å². The molecule has 21 heavy (non-hydrogen) atoms. The van der Waals surface area contributed by atoms with E-state index < -0.39 is 6.09 Å². The third-order valence-corrected chi connectivity index (χ3v) is 2.82. The highest BCUT2D eigenvalue weighted by atomic mass is 35.5. The molecular weight excluding hydrogens is 296 g/mol. The summed E-state index contributed by atoms with van der Waals surface area (Å²) in [5, 5.41) is 5.25. The van der Waals surface area contributed by atoms with Crippen LogP contribution in [0.25, 0.3) is 0 Å². The summed E-state index contributed by atoms with van der Waals surface area (Å²) >= 11 is 5.72. The topological polar surface area (TPSA) is 80.6 Å². The fourth-order valence-corrected chi connectivity index (χ4v) is 1.78. The van der Waals surface area contributed by atoms with E-state index in [0.717, 1.165) is 0 Å². The van der Waals surface area contributed by atoms with Crippen LogP contribution in [0.3, 0.4) is 0 Å². The lowest BCUT2D eigenvalue weighted by Crippen LogP contribution is -2.14. The van der Waals surface area contributed by atoms with E-state index in [0.29, 0.717) is 18.0 Å². The monoisotopic (exact) mass is 308 g/mol. The average Bonchev–Trinajstić information content (AvgIpc) is 2.87. The Labute approximate surface area is 126 Å². The first-order valence-electron chi connectivity index (χ1n) is 6.18. The van der Waals surface area contributed by atoms with Crippen LogP contribution in [0.15, 0.2) is 41.0 Å². The molecule has 0 fully saturated rings. The van der Waals surface area contributed by atoms with Gasteiger partial charge in [-0.2, -0.15) is 0 Å². The predicted octanol–water partition coefficient (Wildman–Crippen LogP) is 3.75. The lowest BCUT2D eigenvalue weighted by atomic mass is 10.2. The van der Waals surface area contributed by atoms with E-state index in [9.17, 15) is 9.59 Å². The predicted molar refractivity (Wildman–Crippen MR) is 78.8 cm³/mol. The molecule has 0 bridgehead atoms. The Morgan fingerprint density at radius 3 is 2.29 bits per heavy atom. The first-order chi connectivity index (χ1) is 10.1. The van der Waals surface area contributed by atoms with Crippen molar-refractivity contribution in [3.8, 4) is 0 Å². The smallest absolute Gasteiger partial charge is 0.411 e. The van der Waals surface area contributed by atoms with Gasteiger partial charge < -0.3 is 14.5 Å². The number of anilines is 2. The molecule has 0 atom stereocenters. The fourth-order valence-electron chi connectivity index (χ4n) is 1.58. The number of rotatable bonds is 4. The van der Waals surface area contributed by atoms with Crippen molar-refractivity contribution < 1.29 is 18.7 Å². The Hall–Kier alpha value is -2.47. The molecule has 7 heteroatoms. The van der Waals surface area contributed by atoms with Crippen LogP contribution in [0.2, 0.25) is 5.22 Å². The number of benzene rings is 1. The summed E-state index contributed by atoms with van der Waals surface area (Å²) in [4.78, 5) is 23.1. The van der Waals surface area contributed by atoms with Crippen LogP contribution in [-0.2, 0) is 4.74 Å². The number of halogens is 1. The highest BCUT2D eigenvalue weighted by Gasteiger charge is 2.13. The van der Waals surface area contributed by atoms with E-state index in [-0.39, 0.29) is 16.7 Å². The number of carbonyl (C=O) groups excluding carboxylic acids is 2. The van der Waals surface area contributed by atoms with Gasteiger partial charge >= 0.3 is 6.09 Å². The number of hydrogen-bond acceptors (Lipinski definition) is 4. The van der Waals surface area contributed by atoms with Gasteiger partial charge in [0.15, 0.2) is 0 Å². The third kappa shape index (κ3) is 4.00. The zero-order valence-corrected chi connectivity index (χ0v) is 11.9. The second-order valence-corrected chi connectivity index (χ2v) is 4.33. The largest absolute Gasteiger partial charge is 0.452 e. The lowest BCUT2D eigenvalue weighted by molar-refractivity contribution is 0.102. The lowest BCUT2D eigenvalue weighted by Gasteiger charge is -2.07. The summed E-state index contributed by atoms with van der Waals surface area (Å²) in [6.07, 6.45) is 0.809. The van der Waals surface area contributed by atoms with Crippen molar-refractivity contribution in [3.63, 3.8) is 0 Å². The molecule has 0 radical (unpaired) electrons. The van der Waals surface area contributed by atoms with Gasteiger partial charge in [0.25, 0.3) is 5.91 Å². The Balaban J connectivity index is 1.98. The van der Waals surface area contributed by atoms with Crippen molar-refractivity contribution >= 4 is 35.0 Å². The summed E-state index contributed by atoms with van der Waals surface area (Å²) in [5.74, 6) is -0.375. The van der Waals surface area contributed by atoms with Crippen LogP contribution < -0.4 is 10.6 Å². The van der Waals surface area contributed by atoms with Gasteiger partial charge in [0.2, 0.25) is 5.22 Å². The molecule has 0 aliphatic carbocycles. The van der Waals surface area contributed by atoms with Gasteiger partial charge in [-0.15, -0.1) is 0 Å². The van der Waals surface area contributed by atoms with Gasteiger partial charge in [-0.05, 0) is 48.9 Å². The zero-order valence-electron chi connectivity index (χ0n) is 11.2. The molecule has 0 saturated heterocycles. The Morgan fingerprint density at radius 2 is 1.76 bits per heavy atom. The number of furan rings is 1. The minimum absolute atomic E-state index is 0.0353. The first-order valence-corrected chi connectivity index (χ1v) is 6.56. The second-order valence-electron chi connectivity index (χ2n) is 3.98. The highest BCUT2D eigenvalue weighted by Crippen LogP contribution is 2.19. The average molecular weight is 309 g/mol. The molecule has 0 spiro atoms. The maximum atomic E-state index is 11.9. The summed E-state index contributed by atoms with van der Waals surface area (Å²) in [7, 11) is 0. The van der Waals surface area contributed by atoms with Crippen LogP contribution in [0.5, 0.6) is 0 Å². The van der Waals surface area contributed by atoms with Crippen molar-refractivity contribution in [2.45, 2.75) is 6.92 Å². The van der Waals surface area contributed by atoms with Crippen molar-refractivity contribution in [3.05, 3.63) is 47.4 Å². The molecule has 0 aliphatic heterocycles. The molecule has 2 amide bonds. The van der Waals surface area contributed by atoms with Gasteiger partial charge in [0.05, 0.1) is 18.4 Å². The number of hydrogen-bond donors (Lipinski definition) is 2. The fraction of sp³-hybridized carbons (Fsp3) is 0.143. The van der Waals surface area contributed by atoms with Crippen LogP contribution in [-0.4, -0.2) is 18.6 Å². The molecule has 110 valence electrons. The molecule has 2 rings (SSSR count). The maximum absolute atomic E-state index is 11.9. The number of amides is 2. The summed E-state index contributed by atoms with van der Waals surface area (Å²) < 4.78 is 9.61. The minimum Gasteiger partial charge on any atom is -0.452 e. The molecule has 0 unspecified atom stereocenters. The van der Waals surface area contributed by atoms with E-state index in [1.54, 1.807) is 31.2 Å². The van der Waals surface area contributed by atoms with Crippen LogP contribution in [0.4, 0.5) is 16.2 Å². The quantitative estimate of drug-likeness (QED) is 0.901. The summed E-state index contributed by atoms with van der Waals surface area (Å²) in [5.41, 5.74) is 1.38. The van der Waals surface area contributed by atoms with Crippen molar-refractivity contribution in [2.75, 3.05) is 17.2 Å². The van der Waals surface area contributed by atoms with Crippen LogP contribution >= 0.6 is 11.6 Å². The molecule has 1 aromatic carbocycles. The molecule has 0 saturated carbocycles. The minimum atomic E-state index is -0.528. The first kappa shape index (κ1) is 14.9. The van der Waals surface area contributed by atoms with E-state index in [1.807, 2.05) is 0 Å². The third-order valence-electron chi connectivity index (χ3n) is 2.53. The summed E-state index contributed by atoms with van der Waals surface area (Å²) in [6, 6.07) is 8.06. The number of ether oxygens (including phenoxy) is 1. The van der Waals surface area contributed by atoms with Gasteiger partial charge in [0.1, 0.15) is 0 Å². The molecule has 2 aromatic rings. The summed E-state index contributed by atoms with van der Waals surface area (Å²) in [6.45, 7) is 2.02. The normalized spacial score (nSPS) is 10.0. The van der Waals surface area contributed by atoms with Crippen LogP contribution in [0.1, 0.15) is 17.3 Å². The van der Waals surface area contributed by atoms with Gasteiger partial charge in [-0.1, -0.05) is 0 Å². The maximum Gasteiger partial charge on any atom is 0.411 e. The van der Waals surface area contributed by atoms with Crippen LogP contribution in [0, 0.1) is 0 Å². The SMILES string of the molecule is CCOC(=O)Nc1ccc(NC(=O)c2ccoc2Cl)cc1. The molecule has 6 nitrogen and oxygen atoms in total. The number of carbonyl (C=O) groups is 2. The van der Waals surface area contributed by atoms with Crippen molar-refractivity contribution in [2.24, 2.45) is 0 Å². The van der Waals surface area contributed by atoms with Crippen molar-refractivity contribution in [1.29, 1.82) is 0 Å². The zero-order chi connectivity index (χ0) is 15.2. The Bertz CT molecular complexity index is 637. The van der Waals surface area contributed by atoms with Gasteiger partial charge in [-0.25, -0.2) is 4.79 Å². The highest BCUT2D eigenvalue weighted by molar-refractivity contribution is 6.32. The van der Waals surface area contributed by atoms with E-state index in [1.165, 1.54) is 12.3 Å². The van der Waals surface area contributed by atoms with Gasteiger partial charge in [-0.3, -0.25) is 10.1 Å². The standard InChI is InChI=1S/C14H13ClN2O4/c1-2-20-14(19)17-10-5-3-9(4-6-10)16-13(18)11-7-8-21-12(11)15/h3-8H,2H2,1H3,(H,16,18)(H,17,19). The molecule has 2 N–H and O–H groups in total. The Morgan fingerprint density at radius 1 is 1.14 bits per heavy atom. The Kier molecular flexibility index (Phi) is 4.84. The molecule has 1 aromatic heterocycles. The van der Waals surface area contributed by atoms with E-state index in [4.69, 9.17) is 20.8 Å².